The second-order valence-corrected chi connectivity index (χ2v) is 9.87. The molecule has 0 saturated heterocycles. The smallest absolute Gasteiger partial charge is 0.293 e. The molecule has 4 rings (SSSR count). The van der Waals surface area contributed by atoms with Crippen molar-refractivity contribution in [1.82, 2.24) is 10.2 Å². The number of hydrogen-bond acceptors (Lipinski definition) is 8. The van der Waals surface area contributed by atoms with Crippen LogP contribution in [0.3, 0.4) is 0 Å². The fourth-order valence-corrected chi connectivity index (χ4v) is 5.22. The number of hydrogen-bond donors (Lipinski definition) is 2. The van der Waals surface area contributed by atoms with Gasteiger partial charge in [-0.2, -0.15) is 0 Å². The average molecular weight is 492 g/mol. The van der Waals surface area contributed by atoms with Gasteiger partial charge in [-0.05, 0) is 48.7 Å². The molecular weight excluding hydrogens is 470 g/mol. The Hall–Kier alpha value is -3.76. The zero-order chi connectivity index (χ0) is 24.1. The first-order valence-electron chi connectivity index (χ1n) is 10.3. The minimum atomic E-state index is -0.679. The van der Waals surface area contributed by atoms with E-state index < -0.39 is 10.2 Å². The summed E-state index contributed by atoms with van der Waals surface area (Å²) in [6.07, 6.45) is 0. The molecule has 1 aromatic heterocycles. The van der Waals surface area contributed by atoms with E-state index >= 15 is 0 Å². The van der Waals surface area contributed by atoms with Crippen molar-refractivity contribution in [3.8, 4) is 0 Å². The number of nitro benzene ring substituents is 1. The van der Waals surface area contributed by atoms with Crippen LogP contribution >= 0.6 is 23.1 Å². The summed E-state index contributed by atoms with van der Waals surface area (Å²) in [4.78, 5) is 24.3. The summed E-state index contributed by atoms with van der Waals surface area (Å²) in [5.74, 6) is -0.383. The largest absolute Gasteiger partial charge is 0.330 e. The minimum absolute atomic E-state index is 0.147. The van der Waals surface area contributed by atoms with Gasteiger partial charge < -0.3 is 10.6 Å². The lowest BCUT2D eigenvalue weighted by atomic mass is 10.1. The first-order valence-corrected chi connectivity index (χ1v) is 12.0. The summed E-state index contributed by atoms with van der Waals surface area (Å²) in [6, 6.07) is 21.8. The molecule has 0 radical (unpaired) electrons. The average Bonchev–Trinajstić information content (AvgIpc) is 3.26. The van der Waals surface area contributed by atoms with Gasteiger partial charge in [0.25, 0.3) is 5.69 Å². The van der Waals surface area contributed by atoms with Crippen molar-refractivity contribution in [2.24, 2.45) is 0 Å². The number of carbonyl (C=O) groups excluding carboxylic acids is 1. The first kappa shape index (κ1) is 23.4. The van der Waals surface area contributed by atoms with Crippen LogP contribution in [-0.2, 0) is 4.79 Å². The van der Waals surface area contributed by atoms with E-state index in [1.54, 1.807) is 19.1 Å². The van der Waals surface area contributed by atoms with Crippen molar-refractivity contribution < 1.29 is 9.72 Å². The Kier molecular flexibility index (Phi) is 7.19. The van der Waals surface area contributed by atoms with Crippen LogP contribution in [0.15, 0.2) is 77.1 Å². The summed E-state index contributed by atoms with van der Waals surface area (Å²) < 4.78 is 0.595. The Morgan fingerprint density at radius 1 is 1.00 bits per heavy atom. The zero-order valence-electron chi connectivity index (χ0n) is 18.4. The van der Waals surface area contributed by atoms with E-state index in [2.05, 4.69) is 20.8 Å². The van der Waals surface area contributed by atoms with Gasteiger partial charge in [-0.15, -0.1) is 10.2 Å². The van der Waals surface area contributed by atoms with E-state index in [0.717, 1.165) is 22.4 Å². The molecule has 1 amide bonds. The second kappa shape index (κ2) is 10.4. The first-order chi connectivity index (χ1) is 16.4. The molecule has 0 aliphatic carbocycles. The third-order valence-electron chi connectivity index (χ3n) is 4.84. The SMILES string of the molecule is Cc1cccc(Nc2nnc(S[C@H](C(=O)Nc3ccc(C)cc3[N+](=O)[O-])c3ccccc3)s2)c1. The maximum absolute atomic E-state index is 13.3. The molecule has 0 spiro atoms. The Morgan fingerprint density at radius 3 is 2.50 bits per heavy atom. The molecule has 8 nitrogen and oxygen atoms in total. The lowest BCUT2D eigenvalue weighted by Crippen LogP contribution is -2.19. The van der Waals surface area contributed by atoms with Gasteiger partial charge in [0.05, 0.1) is 4.92 Å². The van der Waals surface area contributed by atoms with Crippen LogP contribution < -0.4 is 10.6 Å². The molecule has 0 aliphatic heterocycles. The number of amides is 1. The molecule has 0 fully saturated rings. The maximum Gasteiger partial charge on any atom is 0.293 e. The van der Waals surface area contributed by atoms with Crippen LogP contribution in [0.25, 0.3) is 0 Å². The lowest BCUT2D eigenvalue weighted by molar-refractivity contribution is -0.384. The quantitative estimate of drug-likeness (QED) is 0.170. The number of thioether (sulfide) groups is 1. The molecule has 34 heavy (non-hydrogen) atoms. The summed E-state index contributed by atoms with van der Waals surface area (Å²) in [5.41, 5.74) is 3.52. The number of nitrogens with one attached hydrogen (secondary N) is 2. The molecule has 0 unspecified atom stereocenters. The third kappa shape index (κ3) is 5.77. The maximum atomic E-state index is 13.3. The van der Waals surface area contributed by atoms with Crippen LogP contribution in [0.2, 0.25) is 0 Å². The number of rotatable bonds is 8. The van der Waals surface area contributed by atoms with Crippen LogP contribution in [0, 0.1) is 24.0 Å². The van der Waals surface area contributed by atoms with Gasteiger partial charge in [-0.3, -0.25) is 14.9 Å². The molecule has 0 bridgehead atoms. The number of benzene rings is 3. The number of nitro groups is 1. The van der Waals surface area contributed by atoms with Gasteiger partial charge in [0.1, 0.15) is 10.9 Å². The third-order valence-corrected chi connectivity index (χ3v) is 7.02. The number of nitrogens with zero attached hydrogens (tertiary/aromatic N) is 3. The molecule has 2 N–H and O–H groups in total. The minimum Gasteiger partial charge on any atom is -0.330 e. The Balaban J connectivity index is 1.57. The summed E-state index contributed by atoms with van der Waals surface area (Å²) in [5, 5.41) is 25.8. The molecule has 3 aromatic carbocycles. The number of aromatic nitrogens is 2. The Morgan fingerprint density at radius 2 is 1.76 bits per heavy atom. The van der Waals surface area contributed by atoms with Crippen molar-refractivity contribution in [3.05, 3.63) is 99.6 Å². The molecule has 172 valence electrons. The Labute approximate surface area is 204 Å². The van der Waals surface area contributed by atoms with E-state index in [1.807, 2.05) is 61.5 Å². The van der Waals surface area contributed by atoms with Crippen molar-refractivity contribution in [2.75, 3.05) is 10.6 Å². The molecule has 1 atom stereocenters. The van der Waals surface area contributed by atoms with Crippen LogP contribution in [0.1, 0.15) is 21.9 Å². The predicted molar refractivity (Wildman–Crippen MR) is 136 cm³/mol. The van der Waals surface area contributed by atoms with Crippen molar-refractivity contribution in [3.63, 3.8) is 0 Å². The van der Waals surface area contributed by atoms with E-state index in [-0.39, 0.29) is 17.3 Å². The molecular formula is C24H21N5O3S2. The van der Waals surface area contributed by atoms with E-state index in [0.29, 0.717) is 9.47 Å². The van der Waals surface area contributed by atoms with Gasteiger partial charge >= 0.3 is 0 Å². The highest BCUT2D eigenvalue weighted by Crippen LogP contribution is 2.39. The lowest BCUT2D eigenvalue weighted by Gasteiger charge is -2.15. The second-order valence-electron chi connectivity index (χ2n) is 7.54. The molecule has 10 heteroatoms. The van der Waals surface area contributed by atoms with Gasteiger partial charge in [-0.1, -0.05) is 71.6 Å². The number of carbonyl (C=O) groups is 1. The number of anilines is 3. The normalized spacial score (nSPS) is 11.6. The van der Waals surface area contributed by atoms with Gasteiger partial charge in [0, 0.05) is 11.8 Å². The van der Waals surface area contributed by atoms with Crippen LogP contribution in [0.5, 0.6) is 0 Å². The van der Waals surface area contributed by atoms with Gasteiger partial charge in [-0.25, -0.2) is 0 Å². The predicted octanol–water partition coefficient (Wildman–Crippen LogP) is 6.28. The summed E-state index contributed by atoms with van der Waals surface area (Å²) >= 11 is 2.58. The molecule has 0 saturated carbocycles. The van der Waals surface area contributed by atoms with Crippen molar-refractivity contribution in [2.45, 2.75) is 23.4 Å². The van der Waals surface area contributed by atoms with Crippen LogP contribution in [0.4, 0.5) is 22.2 Å². The monoisotopic (exact) mass is 491 g/mol. The van der Waals surface area contributed by atoms with Crippen molar-refractivity contribution in [1.29, 1.82) is 0 Å². The fourth-order valence-electron chi connectivity index (χ4n) is 3.25. The van der Waals surface area contributed by atoms with Gasteiger partial charge in [0.15, 0.2) is 4.34 Å². The van der Waals surface area contributed by atoms with E-state index in [4.69, 9.17) is 0 Å². The molecule has 0 aliphatic rings. The standard InChI is InChI=1S/C24H21N5O3S2/c1-15-7-6-10-18(13-15)25-23-27-28-24(34-23)33-21(17-8-4-3-5-9-17)22(30)26-19-12-11-16(2)14-20(19)29(31)32/h3-14,21H,1-2H3,(H,25,27)(H,26,30)/t21-/m0/s1. The van der Waals surface area contributed by atoms with E-state index in [1.165, 1.54) is 29.2 Å². The Bertz CT molecular complexity index is 1330. The highest BCUT2D eigenvalue weighted by Gasteiger charge is 2.26. The van der Waals surface area contributed by atoms with Gasteiger partial charge in [0.2, 0.25) is 11.0 Å². The topological polar surface area (TPSA) is 110 Å². The van der Waals surface area contributed by atoms with E-state index in [9.17, 15) is 14.9 Å². The highest BCUT2D eigenvalue weighted by atomic mass is 32.2. The number of aryl methyl sites for hydroxylation is 2. The molecule has 4 aromatic rings. The summed E-state index contributed by atoms with van der Waals surface area (Å²) in [7, 11) is 0. The van der Waals surface area contributed by atoms with Crippen LogP contribution in [-0.4, -0.2) is 21.0 Å². The summed E-state index contributed by atoms with van der Waals surface area (Å²) in [6.45, 7) is 3.77. The fraction of sp³-hybridized carbons (Fsp3) is 0.125. The van der Waals surface area contributed by atoms with Crippen molar-refractivity contribution >= 4 is 51.2 Å². The zero-order valence-corrected chi connectivity index (χ0v) is 20.0. The molecule has 1 heterocycles. The highest BCUT2D eigenvalue weighted by molar-refractivity contribution is 8.02.